The molecular weight excluding hydrogens is 180 g/mol. The number of carbonyl (C=O) groups excluding carboxylic acids is 1. The molecule has 0 saturated carbocycles. The fourth-order valence-electron chi connectivity index (χ4n) is 1.09. The molecule has 3 heteroatoms. The zero-order valence-electron chi connectivity index (χ0n) is 8.23. The van der Waals surface area contributed by atoms with E-state index in [1.807, 2.05) is 24.3 Å². The van der Waals surface area contributed by atoms with E-state index in [1.54, 1.807) is 6.92 Å². The van der Waals surface area contributed by atoms with Crippen LogP contribution in [0, 0.1) is 0 Å². The highest BCUT2D eigenvalue weighted by Crippen LogP contribution is 2.11. The first-order valence-corrected chi connectivity index (χ1v) is 4.60. The molecule has 1 atom stereocenters. The Morgan fingerprint density at radius 2 is 2.36 bits per heavy atom. The third-order valence-electron chi connectivity index (χ3n) is 1.74. The first-order valence-electron chi connectivity index (χ1n) is 4.60. The van der Waals surface area contributed by atoms with Crippen molar-refractivity contribution in [3.05, 3.63) is 36.6 Å². The van der Waals surface area contributed by atoms with Crippen molar-refractivity contribution in [2.75, 3.05) is 6.61 Å². The third kappa shape index (κ3) is 3.09. The quantitative estimate of drug-likeness (QED) is 0.390. The molecule has 0 aromatic heterocycles. The molecule has 1 aliphatic rings. The fraction of sp³-hybridized carbons (Fsp3) is 0.364. The van der Waals surface area contributed by atoms with Crippen molar-refractivity contribution in [1.82, 2.24) is 0 Å². The summed E-state index contributed by atoms with van der Waals surface area (Å²) in [5.41, 5.74) is 0. The number of hydrogen-bond donors (Lipinski definition) is 0. The van der Waals surface area contributed by atoms with Crippen LogP contribution in [0.1, 0.15) is 13.3 Å². The lowest BCUT2D eigenvalue weighted by molar-refractivity contribution is -0.143. The summed E-state index contributed by atoms with van der Waals surface area (Å²) in [6.07, 6.45) is 8.33. The van der Waals surface area contributed by atoms with E-state index >= 15 is 0 Å². The molecule has 1 rings (SSSR count). The molecule has 0 aromatic carbocycles. The lowest BCUT2D eigenvalue weighted by Gasteiger charge is -2.16. The van der Waals surface area contributed by atoms with Crippen LogP contribution in [0.15, 0.2) is 36.6 Å². The maximum absolute atomic E-state index is 11.1. The van der Waals surface area contributed by atoms with Crippen LogP contribution in [0.4, 0.5) is 0 Å². The summed E-state index contributed by atoms with van der Waals surface area (Å²) < 4.78 is 10.0. The van der Waals surface area contributed by atoms with Crippen molar-refractivity contribution in [1.29, 1.82) is 0 Å². The van der Waals surface area contributed by atoms with Crippen molar-refractivity contribution in [2.24, 2.45) is 0 Å². The third-order valence-corrected chi connectivity index (χ3v) is 1.74. The van der Waals surface area contributed by atoms with Gasteiger partial charge in [-0.25, -0.2) is 4.79 Å². The maximum Gasteiger partial charge on any atom is 0.372 e. The molecule has 0 bridgehead atoms. The van der Waals surface area contributed by atoms with Gasteiger partial charge in [-0.1, -0.05) is 18.2 Å². The molecule has 76 valence electrons. The van der Waals surface area contributed by atoms with Crippen LogP contribution in [0.3, 0.4) is 0 Å². The summed E-state index contributed by atoms with van der Waals surface area (Å²) in [4.78, 5) is 11.1. The van der Waals surface area contributed by atoms with Crippen LogP contribution in [0.5, 0.6) is 0 Å². The summed E-state index contributed by atoms with van der Waals surface area (Å²) in [6, 6.07) is 0. The molecular formula is C11H14O3. The second-order valence-corrected chi connectivity index (χ2v) is 2.85. The predicted molar refractivity (Wildman–Crippen MR) is 53.5 cm³/mol. The lowest BCUT2D eigenvalue weighted by atomic mass is 10.1. The second kappa shape index (κ2) is 5.27. The van der Waals surface area contributed by atoms with E-state index in [0.29, 0.717) is 6.61 Å². The SMILES string of the molecule is C=C(OC1C=CC=CC1)C(=O)OCC. The van der Waals surface area contributed by atoms with E-state index < -0.39 is 5.97 Å². The Labute approximate surface area is 83.7 Å². The van der Waals surface area contributed by atoms with Gasteiger partial charge in [-0.3, -0.25) is 0 Å². The smallest absolute Gasteiger partial charge is 0.372 e. The Hall–Kier alpha value is -1.51. The molecule has 3 nitrogen and oxygen atoms in total. The van der Waals surface area contributed by atoms with E-state index in [0.717, 1.165) is 6.42 Å². The molecule has 0 saturated heterocycles. The molecule has 0 aromatic rings. The van der Waals surface area contributed by atoms with Gasteiger partial charge in [-0.05, 0) is 19.6 Å². The summed E-state index contributed by atoms with van der Waals surface area (Å²) in [5.74, 6) is -0.424. The number of hydrogen-bond acceptors (Lipinski definition) is 3. The molecule has 0 amide bonds. The van der Waals surface area contributed by atoms with E-state index in [4.69, 9.17) is 9.47 Å². The van der Waals surface area contributed by atoms with Crippen molar-refractivity contribution in [3.8, 4) is 0 Å². The van der Waals surface area contributed by atoms with Crippen LogP contribution < -0.4 is 0 Å². The van der Waals surface area contributed by atoms with Crippen molar-refractivity contribution in [2.45, 2.75) is 19.4 Å². The van der Waals surface area contributed by atoms with E-state index in [-0.39, 0.29) is 11.9 Å². The molecule has 1 aliphatic carbocycles. The van der Waals surface area contributed by atoms with Gasteiger partial charge in [0.15, 0.2) is 5.76 Å². The van der Waals surface area contributed by atoms with E-state index in [2.05, 4.69) is 6.58 Å². The summed E-state index contributed by atoms with van der Waals surface area (Å²) >= 11 is 0. The van der Waals surface area contributed by atoms with Crippen LogP contribution in [-0.2, 0) is 14.3 Å². The Kier molecular flexibility index (Phi) is 3.98. The number of allylic oxidation sites excluding steroid dienone is 2. The van der Waals surface area contributed by atoms with Crippen molar-refractivity contribution >= 4 is 5.97 Å². The summed E-state index contributed by atoms with van der Waals surface area (Å²) in [6.45, 7) is 5.59. The van der Waals surface area contributed by atoms with Gasteiger partial charge in [-0.2, -0.15) is 0 Å². The first-order chi connectivity index (χ1) is 6.74. The van der Waals surface area contributed by atoms with Gasteiger partial charge in [0.1, 0.15) is 6.10 Å². The summed E-state index contributed by atoms with van der Waals surface area (Å²) in [5, 5.41) is 0. The highest BCUT2D eigenvalue weighted by atomic mass is 16.6. The molecule has 0 radical (unpaired) electrons. The molecule has 0 N–H and O–H groups in total. The van der Waals surface area contributed by atoms with Crippen LogP contribution in [0.25, 0.3) is 0 Å². The highest BCUT2D eigenvalue weighted by molar-refractivity contribution is 5.85. The number of ether oxygens (including phenoxy) is 2. The minimum atomic E-state index is -0.490. The fourth-order valence-corrected chi connectivity index (χ4v) is 1.09. The van der Waals surface area contributed by atoms with Gasteiger partial charge in [0, 0.05) is 6.42 Å². The highest BCUT2D eigenvalue weighted by Gasteiger charge is 2.14. The average molecular weight is 194 g/mol. The predicted octanol–water partition coefficient (Wildman–Crippen LogP) is 1.96. The number of carbonyl (C=O) groups is 1. The molecule has 14 heavy (non-hydrogen) atoms. The monoisotopic (exact) mass is 194 g/mol. The number of esters is 1. The van der Waals surface area contributed by atoms with Gasteiger partial charge in [-0.15, -0.1) is 0 Å². The van der Waals surface area contributed by atoms with Gasteiger partial charge in [0.25, 0.3) is 0 Å². The van der Waals surface area contributed by atoms with E-state index in [9.17, 15) is 4.79 Å². The Morgan fingerprint density at radius 3 is 2.93 bits per heavy atom. The zero-order chi connectivity index (χ0) is 10.4. The topological polar surface area (TPSA) is 35.5 Å². The standard InChI is InChI=1S/C11H14O3/c1-3-13-11(12)9(2)14-10-7-5-4-6-8-10/h4-7,10H,2-3,8H2,1H3. The first kappa shape index (κ1) is 10.6. The van der Waals surface area contributed by atoms with Crippen LogP contribution >= 0.6 is 0 Å². The molecule has 1 unspecified atom stereocenters. The average Bonchev–Trinajstić information content (AvgIpc) is 2.19. The van der Waals surface area contributed by atoms with Crippen molar-refractivity contribution < 1.29 is 14.3 Å². The van der Waals surface area contributed by atoms with Gasteiger partial charge in [0.05, 0.1) is 6.61 Å². The molecule has 0 aliphatic heterocycles. The zero-order valence-corrected chi connectivity index (χ0v) is 8.23. The minimum absolute atomic E-state index is 0.0665. The van der Waals surface area contributed by atoms with E-state index in [1.165, 1.54) is 0 Å². The molecule has 0 fully saturated rings. The summed E-state index contributed by atoms with van der Waals surface area (Å²) in [7, 11) is 0. The largest absolute Gasteiger partial charge is 0.479 e. The lowest BCUT2D eigenvalue weighted by Crippen LogP contribution is -2.16. The number of rotatable bonds is 4. The second-order valence-electron chi connectivity index (χ2n) is 2.85. The minimum Gasteiger partial charge on any atom is -0.479 e. The van der Waals surface area contributed by atoms with Crippen LogP contribution in [-0.4, -0.2) is 18.7 Å². The maximum atomic E-state index is 11.1. The van der Waals surface area contributed by atoms with Crippen LogP contribution in [0.2, 0.25) is 0 Å². The van der Waals surface area contributed by atoms with Crippen molar-refractivity contribution in [3.63, 3.8) is 0 Å². The molecule has 0 heterocycles. The Balaban J connectivity index is 2.37. The molecule has 0 spiro atoms. The van der Waals surface area contributed by atoms with Gasteiger partial charge >= 0.3 is 5.97 Å². The Morgan fingerprint density at radius 1 is 1.57 bits per heavy atom. The normalized spacial score (nSPS) is 19.1. The van der Waals surface area contributed by atoms with Gasteiger partial charge in [0.2, 0.25) is 0 Å². The Bertz CT molecular complexity index is 276. The van der Waals surface area contributed by atoms with Gasteiger partial charge < -0.3 is 9.47 Å².